The number of rotatable bonds is 16. The molecule has 0 radical (unpaired) electrons. The normalized spacial score (nSPS) is 12.6. The molecule has 1 atom stereocenters. The highest BCUT2D eigenvalue weighted by atomic mass is 19.2. The van der Waals surface area contributed by atoms with Crippen molar-refractivity contribution in [2.75, 3.05) is 40.5 Å². The summed E-state index contributed by atoms with van der Waals surface area (Å²) >= 11 is 0. The van der Waals surface area contributed by atoms with E-state index in [0.717, 1.165) is 22.3 Å². The van der Waals surface area contributed by atoms with Crippen LogP contribution >= 0.6 is 0 Å². The predicted octanol–water partition coefficient (Wildman–Crippen LogP) is 9.40. The number of benzene rings is 6. The van der Waals surface area contributed by atoms with Crippen LogP contribution in [0.15, 0.2) is 133 Å². The molecule has 60 heavy (non-hydrogen) atoms. The van der Waals surface area contributed by atoms with Crippen LogP contribution in [-0.4, -0.2) is 52.5 Å². The summed E-state index contributed by atoms with van der Waals surface area (Å²) in [6.45, 7) is -1.09. The highest BCUT2D eigenvalue weighted by Crippen LogP contribution is 2.45. The number of fused-ring (bicyclic) bond motifs is 3. The van der Waals surface area contributed by atoms with Gasteiger partial charge >= 0.3 is 6.09 Å². The van der Waals surface area contributed by atoms with E-state index >= 15 is 8.78 Å². The lowest BCUT2D eigenvalue weighted by Gasteiger charge is -2.37. The van der Waals surface area contributed by atoms with Crippen LogP contribution in [0.4, 0.5) is 22.4 Å². The van der Waals surface area contributed by atoms with Gasteiger partial charge in [-0.15, -0.1) is 0 Å². The monoisotopic (exact) mass is 818 g/mol. The molecule has 7 rings (SSSR count). The molecule has 6 aromatic rings. The summed E-state index contributed by atoms with van der Waals surface area (Å²) < 4.78 is 83.8. The number of carbonyl (C=O) groups is 2. The van der Waals surface area contributed by atoms with E-state index in [-0.39, 0.29) is 31.6 Å². The molecule has 2 amide bonds. The smallest absolute Gasteiger partial charge is 0.407 e. The number of alkyl carbamates (subject to hydrolysis) is 1. The summed E-state index contributed by atoms with van der Waals surface area (Å²) in [5.41, 5.74) is 3.65. The molecule has 0 unspecified atom stereocenters. The fourth-order valence-corrected chi connectivity index (χ4v) is 7.75. The van der Waals surface area contributed by atoms with Gasteiger partial charge in [0.2, 0.25) is 5.91 Å². The minimum absolute atomic E-state index is 0.0760. The van der Waals surface area contributed by atoms with Gasteiger partial charge in [0.25, 0.3) is 0 Å². The summed E-state index contributed by atoms with van der Waals surface area (Å²) in [6, 6.07) is 39.0. The van der Waals surface area contributed by atoms with E-state index in [0.29, 0.717) is 28.2 Å². The molecular formula is C48H42F4N2O6. The predicted molar refractivity (Wildman–Crippen MR) is 218 cm³/mol. The van der Waals surface area contributed by atoms with Crippen molar-refractivity contribution < 1.29 is 46.1 Å². The third-order valence-electron chi connectivity index (χ3n) is 10.7. The summed E-state index contributed by atoms with van der Waals surface area (Å²) in [7, 11) is 3.05. The van der Waals surface area contributed by atoms with Gasteiger partial charge in [0.05, 0.1) is 20.8 Å². The third-order valence-corrected chi connectivity index (χ3v) is 10.7. The Bertz CT molecular complexity index is 2330. The molecule has 1 aliphatic rings. The van der Waals surface area contributed by atoms with Crippen LogP contribution < -0.4 is 20.1 Å². The summed E-state index contributed by atoms with van der Waals surface area (Å²) in [4.78, 5) is 25.9. The maximum atomic E-state index is 15.6. The van der Waals surface area contributed by atoms with Gasteiger partial charge in [-0.2, -0.15) is 0 Å². The van der Waals surface area contributed by atoms with E-state index < -0.39 is 65.5 Å². The van der Waals surface area contributed by atoms with Gasteiger partial charge in [0.1, 0.15) is 23.7 Å². The number of halogens is 4. The summed E-state index contributed by atoms with van der Waals surface area (Å²) in [5.74, 6) is -7.55. The molecule has 0 fully saturated rings. The molecule has 2 N–H and O–H groups in total. The lowest BCUT2D eigenvalue weighted by molar-refractivity contribution is -0.121. The summed E-state index contributed by atoms with van der Waals surface area (Å²) in [6.07, 6.45) is -0.976. The van der Waals surface area contributed by atoms with Crippen LogP contribution in [-0.2, 0) is 19.9 Å². The largest absolute Gasteiger partial charge is 0.497 e. The van der Waals surface area contributed by atoms with Crippen molar-refractivity contribution in [1.29, 1.82) is 0 Å². The maximum absolute atomic E-state index is 15.6. The van der Waals surface area contributed by atoms with E-state index in [1.54, 1.807) is 60.7 Å². The fraction of sp³-hybridized carbons (Fsp3) is 0.208. The van der Waals surface area contributed by atoms with Crippen LogP contribution in [0.5, 0.6) is 11.5 Å². The molecule has 0 heterocycles. The molecule has 1 aliphatic carbocycles. The molecule has 0 saturated heterocycles. The Hall–Kier alpha value is -6.66. The number of carbonyl (C=O) groups excluding carboxylic acids is 2. The average molecular weight is 819 g/mol. The van der Waals surface area contributed by atoms with Crippen molar-refractivity contribution in [2.45, 2.75) is 23.9 Å². The topological polar surface area (TPSA) is 95.1 Å². The van der Waals surface area contributed by atoms with Crippen LogP contribution in [0.3, 0.4) is 0 Å². The van der Waals surface area contributed by atoms with Crippen molar-refractivity contribution in [3.63, 3.8) is 0 Å². The van der Waals surface area contributed by atoms with Crippen molar-refractivity contribution in [3.05, 3.63) is 190 Å². The number of hydrogen-bond acceptors (Lipinski definition) is 6. The van der Waals surface area contributed by atoms with Crippen molar-refractivity contribution >= 4 is 12.0 Å². The molecule has 0 aliphatic heterocycles. The first-order chi connectivity index (χ1) is 29.1. The zero-order chi connectivity index (χ0) is 42.2. The number of methoxy groups -OCH3 is 2. The van der Waals surface area contributed by atoms with Gasteiger partial charge in [-0.05, 0) is 63.2 Å². The molecule has 6 aromatic carbocycles. The quantitative estimate of drug-likeness (QED) is 0.0575. The number of nitrogens with one attached hydrogen (secondary N) is 2. The first kappa shape index (κ1) is 41.5. The Balaban J connectivity index is 1.09. The second-order valence-corrected chi connectivity index (χ2v) is 14.2. The van der Waals surface area contributed by atoms with Gasteiger partial charge in [-0.3, -0.25) is 4.79 Å². The standard InChI is InChI=1S/C48H42F4N2O6/c1-57-34-20-16-32(17-21-34)48(31-10-4-3-5-11-31,33-18-22-35(58-2)23-19-33)60-28-30(44-45(51)41(49)26-42(50)46(44)52)27-54-43(55)24-25-53-47(56)59-29-40-38-14-8-6-12-36(38)37-13-7-9-15-39(37)40/h3-23,26,30,40H,24-25,27-29H2,1-2H3,(H,53,56)(H,54,55)/t30-/m0/s1. The molecule has 0 saturated carbocycles. The zero-order valence-corrected chi connectivity index (χ0v) is 32.9. The zero-order valence-electron chi connectivity index (χ0n) is 32.9. The van der Waals surface area contributed by atoms with Crippen molar-refractivity contribution in [2.24, 2.45) is 0 Å². The van der Waals surface area contributed by atoms with E-state index in [2.05, 4.69) is 10.6 Å². The van der Waals surface area contributed by atoms with Crippen LogP contribution in [0, 0.1) is 23.3 Å². The lowest BCUT2D eigenvalue weighted by atomic mass is 9.79. The number of ether oxygens (including phenoxy) is 4. The van der Waals surface area contributed by atoms with Gasteiger partial charge in [-0.1, -0.05) is 103 Å². The van der Waals surface area contributed by atoms with Crippen molar-refractivity contribution in [1.82, 2.24) is 10.6 Å². The van der Waals surface area contributed by atoms with Crippen LogP contribution in [0.1, 0.15) is 51.6 Å². The summed E-state index contributed by atoms with van der Waals surface area (Å²) in [5, 5.41) is 5.18. The molecule has 0 aromatic heterocycles. The Morgan fingerprint density at radius 2 is 1.15 bits per heavy atom. The van der Waals surface area contributed by atoms with E-state index in [9.17, 15) is 18.4 Å². The molecular weight excluding hydrogens is 777 g/mol. The molecule has 8 nitrogen and oxygen atoms in total. The van der Waals surface area contributed by atoms with Crippen LogP contribution in [0.2, 0.25) is 0 Å². The Labute approximate surface area is 345 Å². The molecule has 308 valence electrons. The van der Waals surface area contributed by atoms with Gasteiger partial charge < -0.3 is 29.6 Å². The second kappa shape index (κ2) is 18.5. The number of hydrogen-bond donors (Lipinski definition) is 2. The van der Waals surface area contributed by atoms with E-state index in [1.807, 2.05) is 66.7 Å². The Morgan fingerprint density at radius 1 is 0.650 bits per heavy atom. The van der Waals surface area contributed by atoms with E-state index in [1.165, 1.54) is 14.2 Å². The number of amides is 2. The SMILES string of the molecule is COc1ccc(C(OC[C@H](CNC(=O)CCNC(=O)OCC2c3ccccc3-c3ccccc32)c2c(F)c(F)cc(F)c2F)(c2ccccc2)c2ccc(OC)cc2)cc1. The maximum Gasteiger partial charge on any atom is 0.407 e. The first-order valence-corrected chi connectivity index (χ1v) is 19.3. The fourth-order valence-electron chi connectivity index (χ4n) is 7.75. The van der Waals surface area contributed by atoms with Gasteiger partial charge in [0, 0.05) is 43.0 Å². The minimum Gasteiger partial charge on any atom is -0.497 e. The first-order valence-electron chi connectivity index (χ1n) is 19.3. The molecule has 12 heteroatoms. The van der Waals surface area contributed by atoms with Gasteiger partial charge in [0.15, 0.2) is 23.3 Å². The Morgan fingerprint density at radius 3 is 1.68 bits per heavy atom. The lowest BCUT2D eigenvalue weighted by Crippen LogP contribution is -2.38. The second-order valence-electron chi connectivity index (χ2n) is 14.2. The van der Waals surface area contributed by atoms with E-state index in [4.69, 9.17) is 18.9 Å². The highest BCUT2D eigenvalue weighted by molar-refractivity contribution is 5.79. The average Bonchev–Trinajstić information content (AvgIpc) is 3.60. The van der Waals surface area contributed by atoms with Crippen molar-refractivity contribution in [3.8, 4) is 22.6 Å². The molecule has 0 spiro atoms. The van der Waals surface area contributed by atoms with Gasteiger partial charge in [-0.25, -0.2) is 22.4 Å². The molecule has 0 bridgehead atoms. The highest BCUT2D eigenvalue weighted by Gasteiger charge is 2.40. The van der Waals surface area contributed by atoms with Crippen LogP contribution in [0.25, 0.3) is 11.1 Å². The Kier molecular flexibility index (Phi) is 12.8. The minimum atomic E-state index is -1.62. The third kappa shape index (κ3) is 8.55.